The van der Waals surface area contributed by atoms with Gasteiger partial charge in [-0.05, 0) is 73.6 Å². The Bertz CT molecular complexity index is 780. The van der Waals surface area contributed by atoms with Crippen molar-refractivity contribution < 1.29 is 17.6 Å². The third-order valence-corrected chi connectivity index (χ3v) is 7.36. The zero-order valence-corrected chi connectivity index (χ0v) is 18.5. The van der Waals surface area contributed by atoms with Crippen LogP contribution in [-0.2, 0) is 6.18 Å². The molecule has 0 N–H and O–H groups in total. The minimum atomic E-state index is -4.68. The maximum Gasteiger partial charge on any atom is 0.419 e. The van der Waals surface area contributed by atoms with Crippen molar-refractivity contribution in [3.05, 3.63) is 47.3 Å². The van der Waals surface area contributed by atoms with Crippen molar-refractivity contribution in [1.82, 2.24) is 0 Å². The summed E-state index contributed by atoms with van der Waals surface area (Å²) in [6, 6.07) is 2.82. The van der Waals surface area contributed by atoms with Gasteiger partial charge in [-0.15, -0.1) is 0 Å². The van der Waals surface area contributed by atoms with Crippen molar-refractivity contribution in [3.8, 4) is 11.8 Å². The van der Waals surface area contributed by atoms with Gasteiger partial charge in [0, 0.05) is 5.56 Å². The first-order valence-corrected chi connectivity index (χ1v) is 11.9. The molecule has 0 heterocycles. The van der Waals surface area contributed by atoms with Gasteiger partial charge in [-0.1, -0.05) is 69.8 Å². The average molecular weight is 435 g/mol. The highest BCUT2D eigenvalue weighted by Crippen LogP contribution is 2.37. The highest BCUT2D eigenvalue weighted by molar-refractivity contribution is 5.39. The highest BCUT2D eigenvalue weighted by atomic mass is 19.4. The zero-order valence-electron chi connectivity index (χ0n) is 18.5. The molecule has 2 aliphatic rings. The molecule has 0 atom stereocenters. The highest BCUT2D eigenvalue weighted by Gasteiger charge is 2.33. The summed E-state index contributed by atoms with van der Waals surface area (Å²) in [4.78, 5) is 0. The molecule has 2 aliphatic carbocycles. The maximum atomic E-state index is 13.6. The average Bonchev–Trinajstić information content (AvgIpc) is 2.75. The lowest BCUT2D eigenvalue weighted by Gasteiger charge is -2.31. The summed E-state index contributed by atoms with van der Waals surface area (Å²) in [5, 5.41) is 0. The van der Waals surface area contributed by atoms with E-state index in [9.17, 15) is 17.6 Å². The van der Waals surface area contributed by atoms with Crippen LogP contribution in [-0.4, -0.2) is 0 Å². The Morgan fingerprint density at radius 2 is 1.48 bits per heavy atom. The van der Waals surface area contributed by atoms with Crippen LogP contribution in [0.5, 0.6) is 0 Å². The molecule has 0 nitrogen and oxygen atoms in total. The lowest BCUT2D eigenvalue weighted by atomic mass is 9.75. The fraction of sp³-hybridized carbons (Fsp3) is 0.630. The molecule has 1 aromatic carbocycles. The number of rotatable bonds is 5. The molecule has 2 saturated carbocycles. The second kappa shape index (κ2) is 11.2. The molecular weight excluding hydrogens is 400 g/mol. The first-order chi connectivity index (χ1) is 14.8. The van der Waals surface area contributed by atoms with Gasteiger partial charge < -0.3 is 0 Å². The third kappa shape index (κ3) is 7.41. The number of alkyl halides is 3. The SMILES string of the molecule is CC[C@H]1CC[C@H](CCC2CCC(/C=C/C#Cc3ccc(C(F)(F)F)c(F)c3)CC2)CC1. The summed E-state index contributed by atoms with van der Waals surface area (Å²) in [7, 11) is 0. The van der Waals surface area contributed by atoms with Gasteiger partial charge in [-0.2, -0.15) is 13.2 Å². The molecule has 2 fully saturated rings. The van der Waals surface area contributed by atoms with Crippen molar-refractivity contribution in [1.29, 1.82) is 0 Å². The van der Waals surface area contributed by atoms with Crippen LogP contribution in [0.1, 0.15) is 88.7 Å². The monoisotopic (exact) mass is 434 g/mol. The van der Waals surface area contributed by atoms with Gasteiger partial charge in [0.15, 0.2) is 0 Å². The molecule has 0 spiro atoms. The van der Waals surface area contributed by atoms with Gasteiger partial charge in [0.25, 0.3) is 0 Å². The van der Waals surface area contributed by atoms with Crippen LogP contribution in [0, 0.1) is 41.3 Å². The fourth-order valence-electron chi connectivity index (χ4n) is 5.20. The Hall–Kier alpha value is -1.76. The number of halogens is 4. The molecule has 31 heavy (non-hydrogen) atoms. The smallest absolute Gasteiger partial charge is 0.206 e. The molecule has 3 rings (SSSR count). The summed E-state index contributed by atoms with van der Waals surface area (Å²) in [5.74, 6) is 7.60. The van der Waals surface area contributed by atoms with Crippen molar-refractivity contribution in [2.45, 2.75) is 83.7 Å². The Kier molecular flexibility index (Phi) is 8.64. The number of hydrogen-bond acceptors (Lipinski definition) is 0. The van der Waals surface area contributed by atoms with Crippen molar-refractivity contribution >= 4 is 0 Å². The first-order valence-electron chi connectivity index (χ1n) is 11.9. The molecule has 1 aromatic rings. The van der Waals surface area contributed by atoms with Gasteiger partial charge >= 0.3 is 6.18 Å². The van der Waals surface area contributed by atoms with Gasteiger partial charge in [-0.25, -0.2) is 4.39 Å². The predicted molar refractivity (Wildman–Crippen MR) is 118 cm³/mol. The molecule has 0 aromatic heterocycles. The van der Waals surface area contributed by atoms with E-state index in [4.69, 9.17) is 0 Å². The molecule has 0 radical (unpaired) electrons. The van der Waals surface area contributed by atoms with E-state index in [1.54, 1.807) is 6.08 Å². The molecule has 0 saturated heterocycles. The van der Waals surface area contributed by atoms with Crippen LogP contribution in [0.4, 0.5) is 17.6 Å². The lowest BCUT2D eigenvalue weighted by Crippen LogP contribution is -2.17. The van der Waals surface area contributed by atoms with E-state index in [0.717, 1.165) is 29.9 Å². The molecule has 0 amide bonds. The normalized spacial score (nSPS) is 27.1. The van der Waals surface area contributed by atoms with Crippen molar-refractivity contribution in [2.24, 2.45) is 23.7 Å². The second-order valence-electron chi connectivity index (χ2n) is 9.47. The third-order valence-electron chi connectivity index (χ3n) is 7.36. The van der Waals surface area contributed by atoms with Gasteiger partial charge in [0.2, 0.25) is 0 Å². The summed E-state index contributed by atoms with van der Waals surface area (Å²) in [6.07, 6.45) is 13.9. The number of benzene rings is 1. The first kappa shape index (κ1) is 23.9. The minimum Gasteiger partial charge on any atom is -0.206 e. The largest absolute Gasteiger partial charge is 0.419 e. The summed E-state index contributed by atoms with van der Waals surface area (Å²) >= 11 is 0. The van der Waals surface area contributed by atoms with E-state index in [1.165, 1.54) is 76.7 Å². The van der Waals surface area contributed by atoms with Crippen LogP contribution in [0.3, 0.4) is 0 Å². The van der Waals surface area contributed by atoms with Gasteiger partial charge in [0.1, 0.15) is 5.82 Å². The van der Waals surface area contributed by atoms with E-state index in [0.29, 0.717) is 5.92 Å². The van der Waals surface area contributed by atoms with E-state index < -0.39 is 17.6 Å². The molecule has 170 valence electrons. The summed E-state index contributed by atoms with van der Waals surface area (Å²) in [6.45, 7) is 2.32. The topological polar surface area (TPSA) is 0 Å². The summed E-state index contributed by atoms with van der Waals surface area (Å²) in [5.41, 5.74) is -0.995. The van der Waals surface area contributed by atoms with Gasteiger partial charge in [-0.3, -0.25) is 0 Å². The molecule has 4 heteroatoms. The standard InChI is InChI=1S/C27H34F4/c1-2-20-7-9-22(10-8-20)15-16-23-13-11-21(12-14-23)5-3-4-6-24-17-18-25(26(28)19-24)27(29,30)31/h3,5,17-23H,2,7-16H2,1H3/b5-3+/t20-,21?,22-,23?. The van der Waals surface area contributed by atoms with Crippen LogP contribution in [0.25, 0.3) is 0 Å². The minimum absolute atomic E-state index is 0.256. The predicted octanol–water partition coefficient (Wildman–Crippen LogP) is 8.56. The van der Waals surface area contributed by atoms with Crippen LogP contribution < -0.4 is 0 Å². The molecule has 0 aliphatic heterocycles. The Balaban J connectivity index is 1.38. The zero-order chi connectivity index (χ0) is 22.3. The van der Waals surface area contributed by atoms with Crippen LogP contribution in [0.2, 0.25) is 0 Å². The quantitative estimate of drug-likeness (QED) is 0.322. The van der Waals surface area contributed by atoms with Crippen LogP contribution >= 0.6 is 0 Å². The molecule has 0 unspecified atom stereocenters. The Labute approximate surface area is 184 Å². The van der Waals surface area contributed by atoms with Gasteiger partial charge in [0.05, 0.1) is 5.56 Å². The van der Waals surface area contributed by atoms with Crippen LogP contribution in [0.15, 0.2) is 30.4 Å². The Morgan fingerprint density at radius 1 is 0.903 bits per heavy atom. The van der Waals surface area contributed by atoms with E-state index in [2.05, 4.69) is 24.8 Å². The lowest BCUT2D eigenvalue weighted by molar-refractivity contribution is -0.140. The summed E-state index contributed by atoms with van der Waals surface area (Å²) < 4.78 is 51.4. The Morgan fingerprint density at radius 3 is 2.03 bits per heavy atom. The number of hydrogen-bond donors (Lipinski definition) is 0. The van der Waals surface area contributed by atoms with Crippen molar-refractivity contribution in [2.75, 3.05) is 0 Å². The van der Waals surface area contributed by atoms with Crippen molar-refractivity contribution in [3.63, 3.8) is 0 Å². The maximum absolute atomic E-state index is 13.6. The molecular formula is C27H34F4. The van der Waals surface area contributed by atoms with E-state index in [1.807, 2.05) is 0 Å². The van der Waals surface area contributed by atoms with E-state index in [-0.39, 0.29) is 5.56 Å². The fourth-order valence-corrected chi connectivity index (χ4v) is 5.20. The number of allylic oxidation sites excluding steroid dienone is 2. The molecule has 0 bridgehead atoms. The second-order valence-corrected chi connectivity index (χ2v) is 9.47. The van der Waals surface area contributed by atoms with E-state index >= 15 is 0 Å².